The molecule has 106 valence electrons. The van der Waals surface area contributed by atoms with Gasteiger partial charge in [-0.2, -0.15) is 0 Å². The molecule has 1 saturated heterocycles. The molecule has 1 aliphatic rings. The first-order chi connectivity index (χ1) is 8.19. The summed E-state index contributed by atoms with van der Waals surface area (Å²) in [6.45, 7) is 11.3. The van der Waals surface area contributed by atoms with E-state index in [4.69, 9.17) is 0 Å². The molecule has 1 aliphatic heterocycles. The monoisotopic (exact) mass is 255 g/mol. The van der Waals surface area contributed by atoms with Crippen LogP contribution < -0.4 is 10.6 Å². The normalized spacial score (nSPS) is 27.9. The molecule has 4 nitrogen and oxygen atoms in total. The number of hydrogen-bond donors (Lipinski definition) is 2. The molecule has 2 N–H and O–H groups in total. The molecule has 0 bridgehead atoms. The van der Waals surface area contributed by atoms with Crippen molar-refractivity contribution < 1.29 is 4.79 Å². The fourth-order valence-corrected chi connectivity index (χ4v) is 2.35. The first-order valence-corrected chi connectivity index (χ1v) is 6.97. The van der Waals surface area contributed by atoms with Crippen molar-refractivity contribution in [3.05, 3.63) is 0 Å². The van der Waals surface area contributed by atoms with Gasteiger partial charge in [-0.1, -0.05) is 0 Å². The van der Waals surface area contributed by atoms with E-state index in [2.05, 4.69) is 29.5 Å². The third-order valence-corrected chi connectivity index (χ3v) is 3.59. The van der Waals surface area contributed by atoms with Crippen molar-refractivity contribution in [2.75, 3.05) is 13.6 Å². The van der Waals surface area contributed by atoms with Gasteiger partial charge in [-0.3, -0.25) is 4.79 Å². The summed E-state index contributed by atoms with van der Waals surface area (Å²) in [6, 6.07) is 0.927. The van der Waals surface area contributed by atoms with Crippen molar-refractivity contribution in [3.63, 3.8) is 0 Å². The minimum atomic E-state index is -0.160. The topological polar surface area (TPSA) is 44.4 Å². The van der Waals surface area contributed by atoms with Crippen LogP contribution in [-0.4, -0.2) is 48.1 Å². The first kappa shape index (κ1) is 15.4. The molecule has 0 saturated carbocycles. The molecule has 0 radical (unpaired) electrons. The number of likely N-dealkylation sites (tertiary alicyclic amines) is 1. The van der Waals surface area contributed by atoms with Crippen molar-refractivity contribution in [2.24, 2.45) is 0 Å². The highest BCUT2D eigenvalue weighted by molar-refractivity contribution is 5.81. The Bertz CT molecular complexity index is 285. The third kappa shape index (κ3) is 4.94. The molecular weight excluding hydrogens is 226 g/mol. The largest absolute Gasteiger partial charge is 0.350 e. The Labute approximate surface area is 111 Å². The number of nitrogens with one attached hydrogen (secondary N) is 2. The van der Waals surface area contributed by atoms with Gasteiger partial charge in [0.1, 0.15) is 0 Å². The summed E-state index contributed by atoms with van der Waals surface area (Å²) in [7, 11) is 2.16. The lowest BCUT2D eigenvalue weighted by Gasteiger charge is -2.36. The molecule has 0 aromatic rings. The van der Waals surface area contributed by atoms with Gasteiger partial charge in [-0.05, 0) is 61.1 Å². The lowest BCUT2D eigenvalue weighted by Crippen LogP contribution is -2.54. The van der Waals surface area contributed by atoms with Gasteiger partial charge in [0.2, 0.25) is 5.91 Å². The Morgan fingerprint density at radius 1 is 1.39 bits per heavy atom. The van der Waals surface area contributed by atoms with Gasteiger partial charge in [-0.15, -0.1) is 0 Å². The van der Waals surface area contributed by atoms with Gasteiger partial charge >= 0.3 is 0 Å². The number of carbonyl (C=O) groups excluding carboxylic acids is 1. The highest BCUT2D eigenvalue weighted by Gasteiger charge is 2.26. The number of piperidine rings is 1. The van der Waals surface area contributed by atoms with Gasteiger partial charge in [0.05, 0.1) is 6.04 Å². The fraction of sp³-hybridized carbons (Fsp3) is 0.929. The third-order valence-electron chi connectivity index (χ3n) is 3.59. The quantitative estimate of drug-likeness (QED) is 0.800. The SMILES string of the molecule is CC(NC1CCN(C)C(C)C1)C(=O)NC(C)(C)C. The molecule has 0 aromatic carbocycles. The predicted octanol–water partition coefficient (Wildman–Crippen LogP) is 1.36. The Kier molecular flexibility index (Phi) is 5.17. The van der Waals surface area contributed by atoms with Crippen LogP contribution in [0.2, 0.25) is 0 Å². The zero-order valence-corrected chi connectivity index (χ0v) is 12.7. The van der Waals surface area contributed by atoms with Crippen LogP contribution in [0.3, 0.4) is 0 Å². The highest BCUT2D eigenvalue weighted by Crippen LogP contribution is 2.15. The van der Waals surface area contributed by atoms with Crippen LogP contribution in [0.4, 0.5) is 0 Å². The maximum absolute atomic E-state index is 12.0. The minimum absolute atomic E-state index is 0.0917. The van der Waals surface area contributed by atoms with E-state index in [0.29, 0.717) is 12.1 Å². The van der Waals surface area contributed by atoms with E-state index >= 15 is 0 Å². The van der Waals surface area contributed by atoms with E-state index < -0.39 is 0 Å². The second-order valence-electron chi connectivity index (χ2n) is 6.68. The maximum Gasteiger partial charge on any atom is 0.237 e. The van der Waals surface area contributed by atoms with Crippen molar-refractivity contribution in [3.8, 4) is 0 Å². The lowest BCUT2D eigenvalue weighted by molar-refractivity contribution is -0.124. The van der Waals surface area contributed by atoms with E-state index in [0.717, 1.165) is 19.4 Å². The van der Waals surface area contributed by atoms with E-state index in [-0.39, 0.29) is 17.5 Å². The number of amides is 1. The maximum atomic E-state index is 12.0. The molecule has 1 fully saturated rings. The summed E-state index contributed by atoms with van der Waals surface area (Å²) in [5.41, 5.74) is -0.160. The van der Waals surface area contributed by atoms with Crippen molar-refractivity contribution in [1.82, 2.24) is 15.5 Å². The summed E-state index contributed by atoms with van der Waals surface area (Å²) in [5.74, 6) is 0.0917. The number of nitrogens with zero attached hydrogens (tertiary/aromatic N) is 1. The van der Waals surface area contributed by atoms with Crippen LogP contribution in [0.5, 0.6) is 0 Å². The first-order valence-electron chi connectivity index (χ1n) is 6.97. The van der Waals surface area contributed by atoms with Gasteiger partial charge in [-0.25, -0.2) is 0 Å². The molecular formula is C14H29N3O. The summed E-state index contributed by atoms with van der Waals surface area (Å²) < 4.78 is 0. The Morgan fingerprint density at radius 2 is 2.00 bits per heavy atom. The molecule has 0 aromatic heterocycles. The van der Waals surface area contributed by atoms with E-state index in [1.807, 2.05) is 27.7 Å². The molecule has 0 spiro atoms. The Morgan fingerprint density at radius 3 is 2.50 bits per heavy atom. The standard InChI is InChI=1S/C14H29N3O/c1-10-9-12(7-8-17(10)6)15-11(2)13(18)16-14(3,4)5/h10-12,15H,7-9H2,1-6H3,(H,16,18). The van der Waals surface area contributed by atoms with Crippen LogP contribution in [0.15, 0.2) is 0 Å². The lowest BCUT2D eigenvalue weighted by atomic mass is 9.98. The fourth-order valence-electron chi connectivity index (χ4n) is 2.35. The minimum Gasteiger partial charge on any atom is -0.350 e. The summed E-state index contributed by atoms with van der Waals surface area (Å²) in [6.07, 6.45) is 2.23. The van der Waals surface area contributed by atoms with Crippen LogP contribution in [0.1, 0.15) is 47.5 Å². The highest BCUT2D eigenvalue weighted by atomic mass is 16.2. The van der Waals surface area contributed by atoms with Crippen molar-refractivity contribution in [1.29, 1.82) is 0 Å². The summed E-state index contributed by atoms with van der Waals surface area (Å²) in [5, 5.41) is 6.47. The molecule has 3 atom stereocenters. The van der Waals surface area contributed by atoms with Gasteiger partial charge < -0.3 is 15.5 Å². The Balaban J connectivity index is 2.40. The van der Waals surface area contributed by atoms with E-state index in [1.165, 1.54) is 0 Å². The average molecular weight is 255 g/mol. The summed E-state index contributed by atoms with van der Waals surface area (Å²) >= 11 is 0. The van der Waals surface area contributed by atoms with Gasteiger partial charge in [0.15, 0.2) is 0 Å². The molecule has 3 unspecified atom stereocenters. The van der Waals surface area contributed by atoms with Crippen LogP contribution in [-0.2, 0) is 4.79 Å². The number of carbonyl (C=O) groups is 1. The zero-order valence-electron chi connectivity index (χ0n) is 12.7. The summed E-state index contributed by atoms with van der Waals surface area (Å²) in [4.78, 5) is 14.4. The molecule has 4 heteroatoms. The molecule has 1 amide bonds. The average Bonchev–Trinajstić information content (AvgIpc) is 2.21. The van der Waals surface area contributed by atoms with Crippen LogP contribution in [0, 0.1) is 0 Å². The zero-order chi connectivity index (χ0) is 13.9. The van der Waals surface area contributed by atoms with E-state index in [1.54, 1.807) is 0 Å². The molecule has 18 heavy (non-hydrogen) atoms. The number of hydrogen-bond acceptors (Lipinski definition) is 3. The number of rotatable bonds is 3. The molecule has 1 heterocycles. The Hall–Kier alpha value is -0.610. The van der Waals surface area contributed by atoms with Gasteiger partial charge in [0.25, 0.3) is 0 Å². The molecule has 1 rings (SSSR count). The second-order valence-corrected chi connectivity index (χ2v) is 6.68. The van der Waals surface area contributed by atoms with E-state index in [9.17, 15) is 4.79 Å². The van der Waals surface area contributed by atoms with Crippen LogP contribution >= 0.6 is 0 Å². The van der Waals surface area contributed by atoms with Crippen LogP contribution in [0.25, 0.3) is 0 Å². The second kappa shape index (κ2) is 6.02. The molecule has 0 aliphatic carbocycles. The van der Waals surface area contributed by atoms with Crippen molar-refractivity contribution >= 4 is 5.91 Å². The van der Waals surface area contributed by atoms with Gasteiger partial charge in [0, 0.05) is 17.6 Å². The predicted molar refractivity (Wildman–Crippen MR) is 75.6 cm³/mol. The van der Waals surface area contributed by atoms with Crippen molar-refractivity contribution in [2.45, 2.75) is 71.1 Å². The smallest absolute Gasteiger partial charge is 0.237 e.